The number of hydrogen-bond donors (Lipinski definition) is 1. The third kappa shape index (κ3) is 3.64. The fourth-order valence-electron chi connectivity index (χ4n) is 1.87. The summed E-state index contributed by atoms with van der Waals surface area (Å²) in [6.07, 6.45) is 4.05. The quantitative estimate of drug-likeness (QED) is 0.662. The Hall–Kier alpha value is -1.69. The summed E-state index contributed by atoms with van der Waals surface area (Å²) in [6.45, 7) is 4.17. The van der Waals surface area contributed by atoms with E-state index >= 15 is 0 Å². The van der Waals surface area contributed by atoms with Crippen LogP contribution >= 0.6 is 11.3 Å². The smallest absolute Gasteiger partial charge is 0.358 e. The van der Waals surface area contributed by atoms with Crippen LogP contribution in [0.2, 0.25) is 0 Å². The Balaban J connectivity index is 1.93. The van der Waals surface area contributed by atoms with Crippen LogP contribution in [-0.4, -0.2) is 29.4 Å². The minimum atomic E-state index is -0.590. The van der Waals surface area contributed by atoms with Crippen molar-refractivity contribution in [3.63, 3.8) is 0 Å². The first-order valence-corrected chi connectivity index (χ1v) is 7.12. The maximum absolute atomic E-state index is 11.9. The average molecular weight is 280 g/mol. The Morgan fingerprint density at radius 3 is 3.21 bits per heavy atom. The molecule has 1 aliphatic carbocycles. The summed E-state index contributed by atoms with van der Waals surface area (Å²) >= 11 is 1.32. The second-order valence-corrected chi connectivity index (χ2v) is 5.17. The number of aromatic nitrogens is 1. The SMILES string of the molecule is C=CCNc1nc(C(=O)O[C@H]2CCCCC2=O)cs1. The summed E-state index contributed by atoms with van der Waals surface area (Å²) in [5.74, 6) is -0.511. The molecule has 6 heteroatoms. The molecule has 1 atom stereocenters. The fraction of sp³-hybridized carbons (Fsp3) is 0.462. The molecule has 0 aromatic carbocycles. The third-order valence-corrected chi connectivity index (χ3v) is 3.66. The highest BCUT2D eigenvalue weighted by atomic mass is 32.1. The second-order valence-electron chi connectivity index (χ2n) is 4.31. The van der Waals surface area contributed by atoms with Gasteiger partial charge in [-0.1, -0.05) is 6.08 Å². The highest BCUT2D eigenvalue weighted by Crippen LogP contribution is 2.20. The lowest BCUT2D eigenvalue weighted by molar-refractivity contribution is -0.129. The highest BCUT2D eigenvalue weighted by Gasteiger charge is 2.27. The van der Waals surface area contributed by atoms with E-state index in [4.69, 9.17) is 4.74 Å². The zero-order chi connectivity index (χ0) is 13.7. The summed E-state index contributed by atoms with van der Waals surface area (Å²) in [5.41, 5.74) is 0.245. The molecule has 1 aromatic heterocycles. The van der Waals surface area contributed by atoms with Gasteiger partial charge in [-0.15, -0.1) is 17.9 Å². The average Bonchev–Trinajstić information content (AvgIpc) is 2.88. The van der Waals surface area contributed by atoms with Gasteiger partial charge in [0.25, 0.3) is 0 Å². The number of Topliss-reactive ketones (excluding diaryl/α,β-unsaturated/α-hetero) is 1. The van der Waals surface area contributed by atoms with Gasteiger partial charge in [0.05, 0.1) is 0 Å². The number of carbonyl (C=O) groups is 2. The molecule has 1 saturated carbocycles. The molecule has 0 amide bonds. The van der Waals surface area contributed by atoms with E-state index in [0.29, 0.717) is 24.5 Å². The van der Waals surface area contributed by atoms with Crippen molar-refractivity contribution in [1.82, 2.24) is 4.98 Å². The van der Waals surface area contributed by atoms with Gasteiger partial charge in [-0.25, -0.2) is 9.78 Å². The Morgan fingerprint density at radius 1 is 1.63 bits per heavy atom. The molecule has 102 valence electrons. The van der Waals surface area contributed by atoms with E-state index in [-0.39, 0.29) is 11.5 Å². The molecule has 19 heavy (non-hydrogen) atoms. The minimum absolute atomic E-state index is 0.0137. The number of anilines is 1. The Morgan fingerprint density at radius 2 is 2.47 bits per heavy atom. The number of hydrogen-bond acceptors (Lipinski definition) is 6. The van der Waals surface area contributed by atoms with Gasteiger partial charge >= 0.3 is 5.97 Å². The monoisotopic (exact) mass is 280 g/mol. The maximum atomic E-state index is 11.9. The normalized spacial score (nSPS) is 18.9. The Bertz CT molecular complexity index is 484. The molecule has 0 saturated heterocycles. The summed E-state index contributed by atoms with van der Waals surface area (Å²) in [4.78, 5) is 27.6. The van der Waals surface area contributed by atoms with E-state index in [1.807, 2.05) is 0 Å². The van der Waals surface area contributed by atoms with Crippen LogP contribution in [0.1, 0.15) is 36.2 Å². The molecule has 2 rings (SSSR count). The molecule has 1 aliphatic rings. The van der Waals surface area contributed by atoms with E-state index in [9.17, 15) is 9.59 Å². The van der Waals surface area contributed by atoms with Crippen LogP contribution in [0.25, 0.3) is 0 Å². The predicted octanol–water partition coefficient (Wildman–Crippen LogP) is 2.41. The van der Waals surface area contributed by atoms with Crippen LogP contribution in [0.5, 0.6) is 0 Å². The molecule has 0 unspecified atom stereocenters. The molecule has 0 radical (unpaired) electrons. The van der Waals surface area contributed by atoms with Crippen molar-refractivity contribution in [1.29, 1.82) is 0 Å². The minimum Gasteiger partial charge on any atom is -0.450 e. The second kappa shape index (κ2) is 6.47. The molecule has 0 bridgehead atoms. The van der Waals surface area contributed by atoms with E-state index in [2.05, 4.69) is 16.9 Å². The van der Waals surface area contributed by atoms with Crippen LogP contribution in [0, 0.1) is 0 Å². The molecule has 1 fully saturated rings. The number of nitrogens with one attached hydrogen (secondary N) is 1. The fourth-order valence-corrected chi connectivity index (χ4v) is 2.56. The molecule has 1 aromatic rings. The Kier molecular flexibility index (Phi) is 4.68. The van der Waals surface area contributed by atoms with Crippen molar-refractivity contribution in [2.24, 2.45) is 0 Å². The van der Waals surface area contributed by atoms with E-state index in [1.54, 1.807) is 11.5 Å². The van der Waals surface area contributed by atoms with Crippen LogP contribution in [0.15, 0.2) is 18.0 Å². The number of carbonyl (C=O) groups excluding carboxylic acids is 2. The van der Waals surface area contributed by atoms with Crippen molar-refractivity contribution in [2.45, 2.75) is 31.8 Å². The number of thiazole rings is 1. The standard InChI is InChI=1S/C13H16N2O3S/c1-2-7-14-13-15-9(8-19-13)12(17)18-11-6-4-3-5-10(11)16/h2,8,11H,1,3-7H2,(H,14,15)/t11-/m0/s1. The zero-order valence-corrected chi connectivity index (χ0v) is 11.4. The topological polar surface area (TPSA) is 68.3 Å². The van der Waals surface area contributed by atoms with Gasteiger partial charge in [-0.05, 0) is 19.3 Å². The van der Waals surface area contributed by atoms with Gasteiger partial charge < -0.3 is 10.1 Å². The van der Waals surface area contributed by atoms with Crippen molar-refractivity contribution in [3.05, 3.63) is 23.7 Å². The summed E-state index contributed by atoms with van der Waals surface area (Å²) in [6, 6.07) is 0. The van der Waals surface area contributed by atoms with Gasteiger partial charge in [0.15, 0.2) is 22.7 Å². The Labute approximate surface area is 115 Å². The van der Waals surface area contributed by atoms with Crippen molar-refractivity contribution in [2.75, 3.05) is 11.9 Å². The lowest BCUT2D eigenvalue weighted by Gasteiger charge is -2.19. The summed E-state index contributed by atoms with van der Waals surface area (Å²) in [5, 5.41) is 5.26. The number of rotatable bonds is 5. The number of nitrogens with zero attached hydrogens (tertiary/aromatic N) is 1. The molecular formula is C13H16N2O3S. The lowest BCUT2D eigenvalue weighted by Crippen LogP contribution is -2.30. The highest BCUT2D eigenvalue weighted by molar-refractivity contribution is 7.13. The first kappa shape index (κ1) is 13.7. The maximum Gasteiger partial charge on any atom is 0.358 e. The van der Waals surface area contributed by atoms with Crippen molar-refractivity contribution in [3.8, 4) is 0 Å². The number of esters is 1. The molecule has 1 N–H and O–H groups in total. The molecule has 0 aliphatic heterocycles. The van der Waals surface area contributed by atoms with Crippen LogP contribution < -0.4 is 5.32 Å². The third-order valence-electron chi connectivity index (χ3n) is 2.86. The van der Waals surface area contributed by atoms with Crippen molar-refractivity contribution < 1.29 is 14.3 Å². The van der Waals surface area contributed by atoms with Gasteiger partial charge in [-0.2, -0.15) is 0 Å². The first-order chi connectivity index (χ1) is 9.20. The first-order valence-electron chi connectivity index (χ1n) is 6.24. The molecule has 0 spiro atoms. The summed E-state index contributed by atoms with van der Waals surface area (Å²) < 4.78 is 5.22. The number of ketones is 1. The molecule has 1 heterocycles. The van der Waals surface area contributed by atoms with Crippen LogP contribution in [0.3, 0.4) is 0 Å². The summed E-state index contributed by atoms with van der Waals surface area (Å²) in [7, 11) is 0. The lowest BCUT2D eigenvalue weighted by atomic mass is 9.96. The van der Waals surface area contributed by atoms with E-state index < -0.39 is 12.1 Å². The van der Waals surface area contributed by atoms with Gasteiger partial charge in [0, 0.05) is 18.3 Å². The zero-order valence-electron chi connectivity index (χ0n) is 10.6. The van der Waals surface area contributed by atoms with Crippen LogP contribution in [0.4, 0.5) is 5.13 Å². The van der Waals surface area contributed by atoms with Gasteiger partial charge in [0.2, 0.25) is 0 Å². The molecule has 5 nitrogen and oxygen atoms in total. The van der Waals surface area contributed by atoms with Crippen molar-refractivity contribution >= 4 is 28.2 Å². The van der Waals surface area contributed by atoms with Crippen LogP contribution in [-0.2, 0) is 9.53 Å². The number of ether oxygens (including phenoxy) is 1. The predicted molar refractivity (Wildman–Crippen MR) is 73.5 cm³/mol. The van der Waals surface area contributed by atoms with Gasteiger partial charge in [-0.3, -0.25) is 4.79 Å². The largest absolute Gasteiger partial charge is 0.450 e. The van der Waals surface area contributed by atoms with Gasteiger partial charge in [0.1, 0.15) is 0 Å². The van der Waals surface area contributed by atoms with E-state index in [1.165, 1.54) is 11.3 Å². The molecular weight excluding hydrogens is 264 g/mol. The van der Waals surface area contributed by atoms with E-state index in [0.717, 1.165) is 12.8 Å².